The van der Waals surface area contributed by atoms with E-state index in [0.717, 1.165) is 37.0 Å². The third-order valence-corrected chi connectivity index (χ3v) is 8.09. The van der Waals surface area contributed by atoms with Gasteiger partial charge in [0.2, 0.25) is 0 Å². The second-order valence-electron chi connectivity index (χ2n) is 10.4. The van der Waals surface area contributed by atoms with Crippen LogP contribution in [0.25, 0.3) is 0 Å². The zero-order valence-electron chi connectivity index (χ0n) is 18.8. The molecule has 3 aliphatic rings. The fourth-order valence-electron chi connectivity index (χ4n) is 6.45. The van der Waals surface area contributed by atoms with Gasteiger partial charge >= 0.3 is 0 Å². The van der Waals surface area contributed by atoms with Gasteiger partial charge in [0.05, 0.1) is 6.10 Å². The molecular weight excluding hydrogens is 340 g/mol. The van der Waals surface area contributed by atoms with Gasteiger partial charge in [-0.1, -0.05) is 55.4 Å². The Hall–Kier alpha value is -1.08. The van der Waals surface area contributed by atoms with Gasteiger partial charge in [-0.2, -0.15) is 0 Å². The van der Waals surface area contributed by atoms with Gasteiger partial charge in [0.25, 0.3) is 0 Å². The fourth-order valence-corrected chi connectivity index (χ4v) is 6.45. The Balaban J connectivity index is 1.72. The van der Waals surface area contributed by atoms with Crippen LogP contribution in [-0.4, -0.2) is 11.2 Å². The molecule has 28 heavy (non-hydrogen) atoms. The van der Waals surface area contributed by atoms with Crippen molar-refractivity contribution < 1.29 is 5.11 Å². The van der Waals surface area contributed by atoms with Crippen molar-refractivity contribution in [3.8, 4) is 0 Å². The Kier molecular flexibility index (Phi) is 7.07. The van der Waals surface area contributed by atoms with Crippen molar-refractivity contribution in [2.24, 2.45) is 23.2 Å². The second-order valence-corrected chi connectivity index (χ2v) is 10.4. The van der Waals surface area contributed by atoms with E-state index in [2.05, 4.69) is 52.5 Å². The molecule has 156 valence electrons. The Morgan fingerprint density at radius 2 is 2.00 bits per heavy atom. The van der Waals surface area contributed by atoms with Gasteiger partial charge in [0.15, 0.2) is 0 Å². The van der Waals surface area contributed by atoms with Crippen molar-refractivity contribution in [1.82, 2.24) is 0 Å². The molecule has 0 heterocycles. The van der Waals surface area contributed by atoms with Crippen LogP contribution in [0.1, 0.15) is 91.9 Å². The summed E-state index contributed by atoms with van der Waals surface area (Å²) >= 11 is 0. The van der Waals surface area contributed by atoms with Gasteiger partial charge in [-0.25, -0.2) is 0 Å². The lowest BCUT2D eigenvalue weighted by Crippen LogP contribution is -2.36. The molecule has 0 aliphatic heterocycles. The van der Waals surface area contributed by atoms with Crippen LogP contribution in [0, 0.1) is 23.2 Å². The van der Waals surface area contributed by atoms with Crippen LogP contribution in [0.5, 0.6) is 0 Å². The van der Waals surface area contributed by atoms with Crippen molar-refractivity contribution in [3.63, 3.8) is 0 Å². The molecule has 3 saturated carbocycles. The summed E-state index contributed by atoms with van der Waals surface area (Å²) in [4.78, 5) is 0. The predicted octanol–water partition coefficient (Wildman–Crippen LogP) is 7.54. The zero-order chi connectivity index (χ0) is 20.3. The Labute approximate surface area is 173 Å². The summed E-state index contributed by atoms with van der Waals surface area (Å²) in [6.07, 6.45) is 18.9. The average Bonchev–Trinajstić information content (AvgIpc) is 2.99. The number of hydrogen-bond acceptors (Lipinski definition) is 1. The van der Waals surface area contributed by atoms with E-state index >= 15 is 0 Å². The molecule has 0 aromatic carbocycles. The Bertz CT molecular complexity index is 660. The molecule has 5 atom stereocenters. The van der Waals surface area contributed by atoms with E-state index in [1.807, 2.05) is 0 Å². The fraction of sp³-hybridized carbons (Fsp3) is 0.704. The summed E-state index contributed by atoms with van der Waals surface area (Å²) in [5.74, 6) is 2.44. The molecule has 3 fully saturated rings. The zero-order valence-corrected chi connectivity index (χ0v) is 18.8. The van der Waals surface area contributed by atoms with Crippen molar-refractivity contribution >= 4 is 0 Å². The minimum atomic E-state index is -0.177. The normalized spacial score (nSPS) is 37.2. The van der Waals surface area contributed by atoms with E-state index in [9.17, 15) is 5.11 Å². The van der Waals surface area contributed by atoms with Crippen LogP contribution >= 0.6 is 0 Å². The molecule has 0 unspecified atom stereocenters. The third kappa shape index (κ3) is 4.73. The van der Waals surface area contributed by atoms with Crippen LogP contribution in [0.2, 0.25) is 0 Å². The molecule has 3 rings (SSSR count). The van der Waals surface area contributed by atoms with E-state index in [4.69, 9.17) is 0 Å². The lowest BCUT2D eigenvalue weighted by atomic mass is 9.60. The van der Waals surface area contributed by atoms with Crippen LogP contribution < -0.4 is 0 Å². The summed E-state index contributed by atoms with van der Waals surface area (Å²) in [5, 5.41) is 10.0. The van der Waals surface area contributed by atoms with Crippen LogP contribution in [0.15, 0.2) is 47.1 Å². The predicted molar refractivity (Wildman–Crippen MR) is 121 cm³/mol. The van der Waals surface area contributed by atoms with Gasteiger partial charge in [-0.3, -0.25) is 0 Å². The average molecular weight is 383 g/mol. The molecule has 1 nitrogen and oxygen atoms in total. The maximum atomic E-state index is 10.0. The molecule has 0 amide bonds. The molecule has 0 spiro atoms. The minimum absolute atomic E-state index is 0.177. The lowest BCUT2D eigenvalue weighted by molar-refractivity contribution is 0.0946. The molecule has 1 N–H and O–H groups in total. The Morgan fingerprint density at radius 3 is 2.75 bits per heavy atom. The lowest BCUT2D eigenvalue weighted by Gasteiger charge is -2.44. The van der Waals surface area contributed by atoms with Gasteiger partial charge in [0.1, 0.15) is 0 Å². The monoisotopic (exact) mass is 382 g/mol. The van der Waals surface area contributed by atoms with E-state index in [1.54, 1.807) is 5.57 Å². The van der Waals surface area contributed by atoms with Crippen molar-refractivity contribution in [2.45, 2.75) is 98.0 Å². The first-order valence-electron chi connectivity index (χ1n) is 11.7. The minimum Gasteiger partial charge on any atom is -0.393 e. The highest BCUT2D eigenvalue weighted by Gasteiger charge is 2.50. The molecule has 0 aromatic heterocycles. The highest BCUT2D eigenvalue weighted by molar-refractivity contribution is 5.36. The maximum Gasteiger partial charge on any atom is 0.0583 e. The van der Waals surface area contributed by atoms with E-state index < -0.39 is 0 Å². The molecule has 0 saturated heterocycles. The summed E-state index contributed by atoms with van der Waals surface area (Å²) in [7, 11) is 0. The SMILES string of the molecule is C=C1CC[C@@H](O)C/C1=C/C=C1\CCC[C@]2(C)[C@@H]([C@H](C)CCC=C(C)C)CC[C@@H]12. The maximum absolute atomic E-state index is 10.0. The first kappa shape index (κ1) is 21.6. The van der Waals surface area contributed by atoms with Gasteiger partial charge in [-0.15, -0.1) is 0 Å². The molecule has 0 radical (unpaired) electrons. The van der Waals surface area contributed by atoms with E-state index in [0.29, 0.717) is 5.41 Å². The van der Waals surface area contributed by atoms with Gasteiger partial charge in [0, 0.05) is 0 Å². The van der Waals surface area contributed by atoms with Crippen LogP contribution in [-0.2, 0) is 0 Å². The van der Waals surface area contributed by atoms with Crippen LogP contribution in [0.4, 0.5) is 0 Å². The smallest absolute Gasteiger partial charge is 0.0583 e. The number of allylic oxidation sites excluding steroid dienone is 6. The molecule has 1 heteroatoms. The topological polar surface area (TPSA) is 20.2 Å². The van der Waals surface area contributed by atoms with Crippen molar-refractivity contribution in [3.05, 3.63) is 47.1 Å². The first-order chi connectivity index (χ1) is 13.3. The molecule has 0 bridgehead atoms. The summed E-state index contributed by atoms with van der Waals surface area (Å²) in [6, 6.07) is 0. The quantitative estimate of drug-likeness (QED) is 0.487. The van der Waals surface area contributed by atoms with Crippen molar-refractivity contribution in [1.29, 1.82) is 0 Å². The van der Waals surface area contributed by atoms with E-state index in [1.165, 1.54) is 61.7 Å². The Morgan fingerprint density at radius 1 is 1.21 bits per heavy atom. The third-order valence-electron chi connectivity index (χ3n) is 8.09. The second kappa shape index (κ2) is 9.16. The molecular formula is C27H42O. The summed E-state index contributed by atoms with van der Waals surface area (Å²) in [5.41, 5.74) is 6.12. The van der Waals surface area contributed by atoms with Gasteiger partial charge in [-0.05, 0) is 107 Å². The standard InChI is InChI=1S/C27H42O/c1-19(2)8-6-9-21(4)25-15-16-26-22(10-7-17-27(25,26)5)12-13-23-18-24(28)14-11-20(23)3/h8,12-13,21,24-26,28H,3,6-7,9-11,14-18H2,1-2,4-5H3/b22-12+,23-13-/t21-,24-,25-,26+,27-/m1/s1. The number of fused-ring (bicyclic) bond motifs is 1. The number of rotatable bonds is 5. The molecule has 0 aromatic rings. The largest absolute Gasteiger partial charge is 0.393 e. The highest BCUT2D eigenvalue weighted by Crippen LogP contribution is 2.59. The van der Waals surface area contributed by atoms with Crippen molar-refractivity contribution in [2.75, 3.05) is 0 Å². The highest BCUT2D eigenvalue weighted by atomic mass is 16.3. The first-order valence-corrected chi connectivity index (χ1v) is 11.7. The summed E-state index contributed by atoms with van der Waals surface area (Å²) < 4.78 is 0. The van der Waals surface area contributed by atoms with E-state index in [-0.39, 0.29) is 6.10 Å². The molecule has 3 aliphatic carbocycles. The van der Waals surface area contributed by atoms with Crippen LogP contribution in [0.3, 0.4) is 0 Å². The summed E-state index contributed by atoms with van der Waals surface area (Å²) in [6.45, 7) is 13.8. The van der Waals surface area contributed by atoms with Gasteiger partial charge < -0.3 is 5.11 Å². The number of hydrogen-bond donors (Lipinski definition) is 1. The number of aliphatic hydroxyl groups is 1. The number of aliphatic hydroxyl groups excluding tert-OH is 1.